The molecule has 3 aromatic rings. The van der Waals surface area contributed by atoms with Crippen molar-refractivity contribution in [3.05, 3.63) is 41.7 Å². The summed E-state index contributed by atoms with van der Waals surface area (Å²) in [7, 11) is 0. The fourth-order valence-corrected chi connectivity index (χ4v) is 3.73. The van der Waals surface area contributed by atoms with E-state index in [1.165, 1.54) is 18.5 Å². The maximum atomic E-state index is 4.63. The fourth-order valence-electron chi connectivity index (χ4n) is 3.73. The average molecular weight is 335 g/mol. The lowest BCUT2D eigenvalue weighted by molar-refractivity contribution is 0.473. The largest absolute Gasteiger partial charge is 0.355 e. The monoisotopic (exact) mass is 335 g/mol. The van der Waals surface area contributed by atoms with Crippen molar-refractivity contribution in [1.82, 2.24) is 29.8 Å². The Kier molecular flexibility index (Phi) is 3.39. The smallest absolute Gasteiger partial charge is 0.177 e. The van der Waals surface area contributed by atoms with Gasteiger partial charge >= 0.3 is 0 Å². The van der Waals surface area contributed by atoms with Crippen LogP contribution in [0.4, 0.5) is 5.82 Å². The Morgan fingerprint density at radius 3 is 2.52 bits per heavy atom. The highest BCUT2D eigenvalue weighted by Gasteiger charge is 2.32. The van der Waals surface area contributed by atoms with Crippen LogP contribution >= 0.6 is 0 Å². The average Bonchev–Trinajstić information content (AvgIpc) is 3.42. The molecule has 1 saturated heterocycles. The van der Waals surface area contributed by atoms with E-state index in [-0.39, 0.29) is 0 Å². The van der Waals surface area contributed by atoms with Gasteiger partial charge in [0, 0.05) is 37.3 Å². The summed E-state index contributed by atoms with van der Waals surface area (Å²) in [5.41, 5.74) is 3.00. The predicted octanol–water partition coefficient (Wildman–Crippen LogP) is 2.48. The highest BCUT2D eigenvalue weighted by atomic mass is 15.4. The van der Waals surface area contributed by atoms with Crippen LogP contribution in [0.5, 0.6) is 0 Å². The van der Waals surface area contributed by atoms with Crippen LogP contribution in [0.2, 0.25) is 0 Å². The SMILES string of the molecule is Cc1ccc2nnc(C3CCN(c4nccnc4C4CC4)CC3)n2n1. The zero-order valence-corrected chi connectivity index (χ0v) is 14.3. The third-order valence-corrected chi connectivity index (χ3v) is 5.25. The third kappa shape index (κ3) is 2.63. The van der Waals surface area contributed by atoms with Gasteiger partial charge in [-0.2, -0.15) is 9.61 Å². The second-order valence-electron chi connectivity index (χ2n) is 7.10. The lowest BCUT2D eigenvalue weighted by Crippen LogP contribution is -2.35. The first-order valence-corrected chi connectivity index (χ1v) is 9.04. The van der Waals surface area contributed by atoms with Crippen LogP contribution in [0.1, 0.15) is 54.7 Å². The standard InChI is InChI=1S/C18H21N7/c1-12-2-5-15-21-22-17(25(15)23-12)14-6-10-24(11-7-14)18-16(13-3-4-13)19-8-9-20-18/h2,5,8-9,13-14H,3-4,6-7,10-11H2,1H3. The van der Waals surface area contributed by atoms with E-state index in [2.05, 4.69) is 30.2 Å². The molecule has 0 atom stereocenters. The molecule has 0 amide bonds. The molecule has 7 heteroatoms. The van der Waals surface area contributed by atoms with E-state index in [1.807, 2.05) is 36.0 Å². The number of rotatable bonds is 3. The maximum Gasteiger partial charge on any atom is 0.177 e. The van der Waals surface area contributed by atoms with Crippen LogP contribution in [-0.4, -0.2) is 42.9 Å². The Bertz CT molecular complexity index is 907. The minimum atomic E-state index is 0.390. The molecule has 0 radical (unpaired) electrons. The van der Waals surface area contributed by atoms with Crippen molar-refractivity contribution in [1.29, 1.82) is 0 Å². The molecular weight excluding hydrogens is 314 g/mol. The van der Waals surface area contributed by atoms with Crippen molar-refractivity contribution in [3.63, 3.8) is 0 Å². The Morgan fingerprint density at radius 1 is 0.920 bits per heavy atom. The molecule has 1 saturated carbocycles. The number of fused-ring (bicyclic) bond motifs is 1. The van der Waals surface area contributed by atoms with Crippen LogP contribution in [0.3, 0.4) is 0 Å². The Hall–Kier alpha value is -2.57. The van der Waals surface area contributed by atoms with E-state index in [9.17, 15) is 0 Å². The second-order valence-corrected chi connectivity index (χ2v) is 7.10. The van der Waals surface area contributed by atoms with Crippen LogP contribution in [0.25, 0.3) is 5.65 Å². The van der Waals surface area contributed by atoms with E-state index in [0.29, 0.717) is 11.8 Å². The van der Waals surface area contributed by atoms with Gasteiger partial charge in [0.15, 0.2) is 17.3 Å². The number of piperidine rings is 1. The highest BCUT2D eigenvalue weighted by molar-refractivity contribution is 5.47. The molecule has 128 valence electrons. The van der Waals surface area contributed by atoms with Gasteiger partial charge in [0.1, 0.15) is 0 Å². The van der Waals surface area contributed by atoms with E-state index in [0.717, 1.165) is 48.9 Å². The molecule has 2 aliphatic rings. The van der Waals surface area contributed by atoms with Gasteiger partial charge < -0.3 is 4.90 Å². The molecule has 0 bridgehead atoms. The number of nitrogens with zero attached hydrogens (tertiary/aromatic N) is 7. The molecular formula is C18H21N7. The summed E-state index contributed by atoms with van der Waals surface area (Å²) in [6.07, 6.45) is 8.21. The zero-order chi connectivity index (χ0) is 16.8. The topological polar surface area (TPSA) is 72.1 Å². The van der Waals surface area contributed by atoms with Crippen LogP contribution < -0.4 is 4.90 Å². The Balaban J connectivity index is 1.37. The molecule has 0 aromatic carbocycles. The lowest BCUT2D eigenvalue weighted by atomic mass is 9.96. The van der Waals surface area contributed by atoms with E-state index >= 15 is 0 Å². The molecule has 25 heavy (non-hydrogen) atoms. The molecule has 2 fully saturated rings. The van der Waals surface area contributed by atoms with Crippen molar-refractivity contribution in [2.75, 3.05) is 18.0 Å². The number of anilines is 1. The van der Waals surface area contributed by atoms with Gasteiger partial charge in [0.2, 0.25) is 0 Å². The van der Waals surface area contributed by atoms with E-state index in [1.54, 1.807) is 0 Å². The summed E-state index contributed by atoms with van der Waals surface area (Å²) in [5.74, 6) is 3.08. The summed E-state index contributed by atoms with van der Waals surface area (Å²) in [5, 5.41) is 13.3. The predicted molar refractivity (Wildman–Crippen MR) is 93.7 cm³/mol. The van der Waals surface area contributed by atoms with E-state index < -0.39 is 0 Å². The first-order valence-electron chi connectivity index (χ1n) is 9.04. The minimum Gasteiger partial charge on any atom is -0.355 e. The van der Waals surface area contributed by atoms with E-state index in [4.69, 9.17) is 0 Å². The number of aryl methyl sites for hydroxylation is 1. The van der Waals surface area contributed by atoms with Gasteiger partial charge in [-0.15, -0.1) is 10.2 Å². The summed E-state index contributed by atoms with van der Waals surface area (Å²) in [6.45, 7) is 3.95. The molecule has 0 unspecified atom stereocenters. The summed E-state index contributed by atoms with van der Waals surface area (Å²) in [4.78, 5) is 11.6. The molecule has 7 nitrogen and oxygen atoms in total. The van der Waals surface area contributed by atoms with Gasteiger partial charge in [-0.1, -0.05) is 0 Å². The van der Waals surface area contributed by atoms with Crippen LogP contribution in [-0.2, 0) is 0 Å². The highest BCUT2D eigenvalue weighted by Crippen LogP contribution is 2.43. The van der Waals surface area contributed by atoms with Crippen molar-refractivity contribution in [2.24, 2.45) is 0 Å². The number of aromatic nitrogens is 6. The third-order valence-electron chi connectivity index (χ3n) is 5.25. The van der Waals surface area contributed by atoms with Gasteiger partial charge in [-0.25, -0.2) is 4.98 Å². The van der Waals surface area contributed by atoms with Crippen molar-refractivity contribution < 1.29 is 0 Å². The van der Waals surface area contributed by atoms with Crippen molar-refractivity contribution >= 4 is 11.5 Å². The van der Waals surface area contributed by atoms with Crippen molar-refractivity contribution in [2.45, 2.75) is 44.4 Å². The first-order chi connectivity index (χ1) is 12.3. The number of hydrogen-bond donors (Lipinski definition) is 0. The summed E-state index contributed by atoms with van der Waals surface area (Å²) < 4.78 is 1.91. The summed E-state index contributed by atoms with van der Waals surface area (Å²) >= 11 is 0. The van der Waals surface area contributed by atoms with Crippen LogP contribution in [0, 0.1) is 6.92 Å². The normalized spacial score (nSPS) is 18.8. The quantitative estimate of drug-likeness (QED) is 0.732. The molecule has 0 spiro atoms. The maximum absolute atomic E-state index is 4.63. The second kappa shape index (κ2) is 5.75. The summed E-state index contributed by atoms with van der Waals surface area (Å²) in [6, 6.07) is 3.96. The van der Waals surface area contributed by atoms with Gasteiger partial charge in [0.25, 0.3) is 0 Å². The fraction of sp³-hybridized carbons (Fsp3) is 0.500. The molecule has 1 aliphatic carbocycles. The van der Waals surface area contributed by atoms with Crippen molar-refractivity contribution in [3.8, 4) is 0 Å². The van der Waals surface area contributed by atoms with Gasteiger partial charge in [0.05, 0.1) is 11.4 Å². The molecule has 5 rings (SSSR count). The molecule has 4 heterocycles. The first kappa shape index (κ1) is 14.7. The Labute approximate surface area is 146 Å². The van der Waals surface area contributed by atoms with Crippen LogP contribution in [0.15, 0.2) is 24.5 Å². The number of hydrogen-bond acceptors (Lipinski definition) is 6. The van der Waals surface area contributed by atoms with Gasteiger partial charge in [-0.05, 0) is 44.7 Å². The zero-order valence-electron chi connectivity index (χ0n) is 14.3. The lowest BCUT2D eigenvalue weighted by Gasteiger charge is -2.32. The molecule has 3 aromatic heterocycles. The minimum absolute atomic E-state index is 0.390. The Morgan fingerprint density at radius 2 is 1.72 bits per heavy atom. The molecule has 0 N–H and O–H groups in total. The van der Waals surface area contributed by atoms with Gasteiger partial charge in [-0.3, -0.25) is 4.98 Å². The molecule has 1 aliphatic heterocycles.